The molecule has 116 valence electrons. The van der Waals surface area contributed by atoms with Crippen molar-refractivity contribution in [3.63, 3.8) is 0 Å². The number of carbonyl (C=O) groups excluding carboxylic acids is 1. The van der Waals surface area contributed by atoms with Crippen LogP contribution in [0, 0.1) is 0 Å². The first-order chi connectivity index (χ1) is 10.2. The summed E-state index contributed by atoms with van der Waals surface area (Å²) in [6.45, 7) is 5.52. The van der Waals surface area contributed by atoms with Crippen LogP contribution in [0.4, 0.5) is 4.79 Å². The van der Waals surface area contributed by atoms with Gasteiger partial charge in [0, 0.05) is 32.2 Å². The van der Waals surface area contributed by atoms with E-state index in [1.165, 1.54) is 0 Å². The lowest BCUT2D eigenvalue weighted by Gasteiger charge is -2.26. The molecule has 1 fully saturated rings. The minimum Gasteiger partial charge on any atom is -0.445 e. The summed E-state index contributed by atoms with van der Waals surface area (Å²) in [5, 5.41) is 9.22. The molecule has 0 radical (unpaired) electrons. The number of nitrogens with zero attached hydrogens (tertiary/aromatic N) is 2. The molecule has 0 saturated carbocycles. The zero-order valence-electron chi connectivity index (χ0n) is 12.6. The SMILES string of the molecule is CC(CO)N1CCCN(C(=O)OCc2ccccc2)CC1. The van der Waals surface area contributed by atoms with Crippen LogP contribution in [0.15, 0.2) is 30.3 Å². The van der Waals surface area contributed by atoms with Gasteiger partial charge >= 0.3 is 6.09 Å². The monoisotopic (exact) mass is 292 g/mol. The molecule has 1 aliphatic rings. The number of benzene rings is 1. The molecule has 1 aromatic carbocycles. The molecular formula is C16H24N2O3. The van der Waals surface area contributed by atoms with Crippen molar-refractivity contribution < 1.29 is 14.6 Å². The minimum atomic E-state index is -0.252. The lowest BCUT2D eigenvalue weighted by atomic mass is 10.2. The van der Waals surface area contributed by atoms with Crippen LogP contribution < -0.4 is 0 Å². The van der Waals surface area contributed by atoms with Crippen LogP contribution in [0.3, 0.4) is 0 Å². The summed E-state index contributed by atoms with van der Waals surface area (Å²) >= 11 is 0. The van der Waals surface area contributed by atoms with Crippen LogP contribution >= 0.6 is 0 Å². The van der Waals surface area contributed by atoms with Gasteiger partial charge in [0.15, 0.2) is 0 Å². The Morgan fingerprint density at radius 3 is 2.71 bits per heavy atom. The van der Waals surface area contributed by atoms with Crippen molar-refractivity contribution in [3.8, 4) is 0 Å². The molecule has 0 aromatic heterocycles. The molecular weight excluding hydrogens is 268 g/mol. The van der Waals surface area contributed by atoms with Gasteiger partial charge in [-0.25, -0.2) is 4.79 Å². The van der Waals surface area contributed by atoms with Crippen molar-refractivity contribution in [2.75, 3.05) is 32.8 Å². The highest BCUT2D eigenvalue weighted by Gasteiger charge is 2.22. The minimum absolute atomic E-state index is 0.144. The molecule has 1 aliphatic heterocycles. The normalized spacial score (nSPS) is 18.1. The molecule has 1 aromatic rings. The fraction of sp³-hybridized carbons (Fsp3) is 0.562. The number of amides is 1. The Kier molecular flexibility index (Phi) is 6.02. The van der Waals surface area contributed by atoms with Crippen LogP contribution in [0.5, 0.6) is 0 Å². The van der Waals surface area contributed by atoms with Gasteiger partial charge in [-0.05, 0) is 18.9 Å². The Morgan fingerprint density at radius 1 is 1.24 bits per heavy atom. The van der Waals surface area contributed by atoms with Crippen LogP contribution in [0.1, 0.15) is 18.9 Å². The van der Waals surface area contributed by atoms with E-state index in [9.17, 15) is 9.90 Å². The van der Waals surface area contributed by atoms with Crippen molar-refractivity contribution in [2.24, 2.45) is 0 Å². The summed E-state index contributed by atoms with van der Waals surface area (Å²) in [6.07, 6.45) is 0.655. The molecule has 21 heavy (non-hydrogen) atoms. The fourth-order valence-corrected chi connectivity index (χ4v) is 2.49. The summed E-state index contributed by atoms with van der Waals surface area (Å²) in [7, 11) is 0. The predicted octanol–water partition coefficient (Wildman–Crippen LogP) is 1.71. The summed E-state index contributed by atoms with van der Waals surface area (Å²) in [5.41, 5.74) is 0.996. The summed E-state index contributed by atoms with van der Waals surface area (Å²) in [6, 6.07) is 9.84. The zero-order valence-corrected chi connectivity index (χ0v) is 12.6. The molecule has 0 bridgehead atoms. The smallest absolute Gasteiger partial charge is 0.410 e. The second-order valence-electron chi connectivity index (χ2n) is 5.45. The van der Waals surface area contributed by atoms with Crippen LogP contribution in [0.25, 0.3) is 0 Å². The Bertz CT molecular complexity index is 438. The van der Waals surface area contributed by atoms with Gasteiger partial charge in [-0.15, -0.1) is 0 Å². The molecule has 1 saturated heterocycles. The lowest BCUT2D eigenvalue weighted by molar-refractivity contribution is 0.0948. The zero-order chi connectivity index (χ0) is 15.1. The predicted molar refractivity (Wildman–Crippen MR) is 80.9 cm³/mol. The number of aliphatic hydroxyl groups excluding tert-OH is 1. The van der Waals surface area contributed by atoms with Gasteiger partial charge in [-0.1, -0.05) is 30.3 Å². The van der Waals surface area contributed by atoms with Gasteiger partial charge < -0.3 is 14.7 Å². The third kappa shape index (κ3) is 4.72. The molecule has 1 N–H and O–H groups in total. The first-order valence-electron chi connectivity index (χ1n) is 7.51. The maximum absolute atomic E-state index is 12.1. The number of carbonyl (C=O) groups is 1. The van der Waals surface area contributed by atoms with Crippen molar-refractivity contribution >= 4 is 6.09 Å². The van der Waals surface area contributed by atoms with E-state index in [4.69, 9.17) is 4.74 Å². The van der Waals surface area contributed by atoms with E-state index < -0.39 is 0 Å². The van der Waals surface area contributed by atoms with E-state index in [1.807, 2.05) is 37.3 Å². The van der Waals surface area contributed by atoms with Crippen LogP contribution in [-0.4, -0.2) is 59.8 Å². The van der Waals surface area contributed by atoms with Crippen molar-refractivity contribution in [2.45, 2.75) is 26.0 Å². The highest BCUT2D eigenvalue weighted by molar-refractivity contribution is 5.67. The molecule has 5 nitrogen and oxygen atoms in total. The quantitative estimate of drug-likeness (QED) is 0.918. The van der Waals surface area contributed by atoms with Gasteiger partial charge in [0.1, 0.15) is 6.61 Å². The number of hydrogen-bond donors (Lipinski definition) is 1. The van der Waals surface area contributed by atoms with Crippen LogP contribution in [0.2, 0.25) is 0 Å². The summed E-state index contributed by atoms with van der Waals surface area (Å²) < 4.78 is 5.36. The highest BCUT2D eigenvalue weighted by atomic mass is 16.6. The third-order valence-electron chi connectivity index (χ3n) is 3.88. The van der Waals surface area contributed by atoms with Gasteiger partial charge in [0.05, 0.1) is 6.61 Å². The average molecular weight is 292 g/mol. The van der Waals surface area contributed by atoms with Gasteiger partial charge in [0.25, 0.3) is 0 Å². The van der Waals surface area contributed by atoms with E-state index in [-0.39, 0.29) is 18.7 Å². The van der Waals surface area contributed by atoms with Crippen LogP contribution in [-0.2, 0) is 11.3 Å². The molecule has 5 heteroatoms. The Balaban J connectivity index is 1.80. The van der Waals surface area contributed by atoms with Crippen molar-refractivity contribution in [1.82, 2.24) is 9.80 Å². The first-order valence-corrected chi connectivity index (χ1v) is 7.51. The molecule has 1 amide bonds. The van der Waals surface area contributed by atoms with Gasteiger partial charge in [-0.3, -0.25) is 4.90 Å². The molecule has 1 atom stereocenters. The van der Waals surface area contributed by atoms with E-state index >= 15 is 0 Å². The molecule has 1 unspecified atom stereocenters. The standard InChI is InChI=1S/C16H24N2O3/c1-14(12-19)17-8-5-9-18(11-10-17)16(20)21-13-15-6-3-2-4-7-15/h2-4,6-7,14,19H,5,8-13H2,1H3. The average Bonchev–Trinajstić information content (AvgIpc) is 2.79. The molecule has 1 heterocycles. The van der Waals surface area contributed by atoms with E-state index in [0.717, 1.165) is 25.1 Å². The Labute approximate surface area is 126 Å². The van der Waals surface area contributed by atoms with Gasteiger partial charge in [0.2, 0.25) is 0 Å². The number of rotatable bonds is 4. The van der Waals surface area contributed by atoms with Crippen molar-refractivity contribution in [3.05, 3.63) is 35.9 Å². The number of ether oxygens (including phenoxy) is 1. The first kappa shape index (κ1) is 15.8. The second kappa shape index (κ2) is 8.00. The summed E-state index contributed by atoms with van der Waals surface area (Å²) in [5.74, 6) is 0. The van der Waals surface area contributed by atoms with Crippen molar-refractivity contribution in [1.29, 1.82) is 0 Å². The maximum atomic E-state index is 12.1. The Morgan fingerprint density at radius 2 is 2.00 bits per heavy atom. The number of aliphatic hydroxyl groups is 1. The molecule has 2 rings (SSSR count). The maximum Gasteiger partial charge on any atom is 0.410 e. The molecule has 0 spiro atoms. The number of hydrogen-bond acceptors (Lipinski definition) is 4. The van der Waals surface area contributed by atoms with E-state index in [0.29, 0.717) is 19.7 Å². The second-order valence-corrected chi connectivity index (χ2v) is 5.45. The van der Waals surface area contributed by atoms with E-state index in [1.54, 1.807) is 4.90 Å². The lowest BCUT2D eigenvalue weighted by Crippen LogP contribution is -2.39. The highest BCUT2D eigenvalue weighted by Crippen LogP contribution is 2.09. The third-order valence-corrected chi connectivity index (χ3v) is 3.88. The fourth-order valence-electron chi connectivity index (χ4n) is 2.49. The Hall–Kier alpha value is -1.59. The largest absolute Gasteiger partial charge is 0.445 e. The topological polar surface area (TPSA) is 53.0 Å². The van der Waals surface area contributed by atoms with E-state index in [2.05, 4.69) is 4.90 Å². The van der Waals surface area contributed by atoms with Gasteiger partial charge in [-0.2, -0.15) is 0 Å². The molecule has 0 aliphatic carbocycles. The summed E-state index contributed by atoms with van der Waals surface area (Å²) in [4.78, 5) is 16.1.